The van der Waals surface area contributed by atoms with E-state index < -0.39 is 0 Å². The van der Waals surface area contributed by atoms with E-state index in [0.29, 0.717) is 5.92 Å². The molecule has 1 fully saturated rings. The third kappa shape index (κ3) is 2.70. The highest BCUT2D eigenvalue weighted by molar-refractivity contribution is 5.60. The summed E-state index contributed by atoms with van der Waals surface area (Å²) in [5.41, 5.74) is 6.63. The van der Waals surface area contributed by atoms with Crippen LogP contribution in [0.5, 0.6) is 0 Å². The van der Waals surface area contributed by atoms with Crippen LogP contribution in [0.25, 0.3) is 16.9 Å². The van der Waals surface area contributed by atoms with Gasteiger partial charge in [0.05, 0.1) is 13.0 Å². The first-order chi connectivity index (χ1) is 12.2. The van der Waals surface area contributed by atoms with Crippen LogP contribution in [0.2, 0.25) is 0 Å². The van der Waals surface area contributed by atoms with E-state index in [4.69, 9.17) is 0 Å². The van der Waals surface area contributed by atoms with Crippen molar-refractivity contribution in [1.29, 1.82) is 0 Å². The van der Waals surface area contributed by atoms with Gasteiger partial charge < -0.3 is 0 Å². The highest BCUT2D eigenvalue weighted by atomic mass is 15.2. The third-order valence-electron chi connectivity index (χ3n) is 5.71. The fourth-order valence-electron chi connectivity index (χ4n) is 4.54. The molecule has 0 spiro atoms. The lowest BCUT2D eigenvalue weighted by molar-refractivity contribution is -0.669. The van der Waals surface area contributed by atoms with Crippen molar-refractivity contribution < 1.29 is 4.57 Å². The number of benzene rings is 2. The van der Waals surface area contributed by atoms with Gasteiger partial charge in [-0.3, -0.25) is 0 Å². The molecule has 1 aliphatic rings. The van der Waals surface area contributed by atoms with E-state index in [0.717, 1.165) is 0 Å². The Morgan fingerprint density at radius 3 is 2.20 bits per heavy atom. The number of para-hydroxylation sites is 1. The average Bonchev–Trinajstić information content (AvgIpc) is 3.23. The number of hydrogen-bond acceptors (Lipinski definition) is 0. The van der Waals surface area contributed by atoms with Crippen molar-refractivity contribution in [2.75, 3.05) is 0 Å². The molecule has 0 amide bonds. The zero-order chi connectivity index (χ0) is 17.4. The van der Waals surface area contributed by atoms with Crippen molar-refractivity contribution in [3.8, 4) is 16.9 Å². The van der Waals surface area contributed by atoms with Gasteiger partial charge in [-0.2, -0.15) is 4.57 Å². The Kier molecular flexibility index (Phi) is 4.20. The molecule has 1 aliphatic carbocycles. The fraction of sp³-hybridized carbons (Fsp3) is 0.348. The largest absolute Gasteiger partial charge is 0.265 e. The highest BCUT2D eigenvalue weighted by Gasteiger charge is 2.35. The van der Waals surface area contributed by atoms with Crippen LogP contribution in [0.1, 0.15) is 48.7 Å². The summed E-state index contributed by atoms with van der Waals surface area (Å²) in [4.78, 5) is 0. The molecule has 1 aromatic heterocycles. The molecule has 0 aliphatic heterocycles. The molecule has 4 rings (SSSR count). The molecule has 0 unspecified atom stereocenters. The Balaban J connectivity index is 2.00. The van der Waals surface area contributed by atoms with E-state index in [1.54, 1.807) is 0 Å². The van der Waals surface area contributed by atoms with Crippen molar-refractivity contribution in [3.05, 3.63) is 71.7 Å². The number of rotatable bonds is 3. The number of aromatic nitrogens is 2. The maximum atomic E-state index is 2.52. The quantitative estimate of drug-likeness (QED) is 0.580. The van der Waals surface area contributed by atoms with E-state index >= 15 is 0 Å². The zero-order valence-corrected chi connectivity index (χ0v) is 15.5. The van der Waals surface area contributed by atoms with Gasteiger partial charge in [-0.25, -0.2) is 4.57 Å². The maximum absolute atomic E-state index is 2.52. The molecular formula is C23H27N2+. The fourth-order valence-corrected chi connectivity index (χ4v) is 4.54. The summed E-state index contributed by atoms with van der Waals surface area (Å²) in [5, 5.41) is 0. The van der Waals surface area contributed by atoms with Crippen molar-refractivity contribution in [2.45, 2.75) is 45.4 Å². The summed E-state index contributed by atoms with van der Waals surface area (Å²) >= 11 is 0. The molecule has 3 aromatic rings. The minimum absolute atomic E-state index is 0.653. The van der Waals surface area contributed by atoms with E-state index in [9.17, 15) is 0 Å². The van der Waals surface area contributed by atoms with Crippen LogP contribution in [0.4, 0.5) is 0 Å². The molecule has 0 atom stereocenters. The van der Waals surface area contributed by atoms with Gasteiger partial charge in [0.25, 0.3) is 5.82 Å². The first kappa shape index (κ1) is 16.1. The highest BCUT2D eigenvalue weighted by Crippen LogP contribution is 2.37. The van der Waals surface area contributed by atoms with Crippen molar-refractivity contribution in [1.82, 2.24) is 4.57 Å². The molecular weight excluding hydrogens is 304 g/mol. The SMILES string of the molecule is Cc1ccccc1-n1c(C)c(-c2ccccc2)[n+](C)c1C1CCCC1. The van der Waals surface area contributed by atoms with E-state index in [1.165, 1.54) is 59.7 Å². The maximum Gasteiger partial charge on any atom is 0.265 e. The first-order valence-electron chi connectivity index (χ1n) is 9.41. The predicted molar refractivity (Wildman–Crippen MR) is 103 cm³/mol. The van der Waals surface area contributed by atoms with Crippen LogP contribution in [-0.2, 0) is 7.05 Å². The Morgan fingerprint density at radius 1 is 0.880 bits per heavy atom. The minimum Gasteiger partial charge on any atom is -0.229 e. The third-order valence-corrected chi connectivity index (χ3v) is 5.71. The molecule has 0 saturated heterocycles. The Morgan fingerprint density at radius 2 is 1.52 bits per heavy atom. The predicted octanol–water partition coefficient (Wildman–Crippen LogP) is 5.24. The summed E-state index contributed by atoms with van der Waals surface area (Å²) < 4.78 is 4.97. The second kappa shape index (κ2) is 6.51. The zero-order valence-electron chi connectivity index (χ0n) is 15.5. The van der Waals surface area contributed by atoms with Crippen molar-refractivity contribution in [2.24, 2.45) is 7.05 Å². The first-order valence-corrected chi connectivity index (χ1v) is 9.41. The van der Waals surface area contributed by atoms with E-state index in [-0.39, 0.29) is 0 Å². The van der Waals surface area contributed by atoms with Crippen molar-refractivity contribution >= 4 is 0 Å². The van der Waals surface area contributed by atoms with Gasteiger partial charge in [-0.1, -0.05) is 61.4 Å². The standard InChI is InChI=1S/C23H27N2/c1-17-11-7-10-16-21(17)25-18(2)22(19-12-5-4-6-13-19)24(3)23(25)20-14-8-9-15-20/h4-7,10-13,16,20H,8-9,14-15H2,1-3H3/q+1. The van der Waals surface area contributed by atoms with Gasteiger partial charge in [0.15, 0.2) is 11.4 Å². The molecule has 0 bridgehead atoms. The summed E-state index contributed by atoms with van der Waals surface area (Å²) in [6.45, 7) is 4.49. The molecule has 2 nitrogen and oxygen atoms in total. The van der Waals surface area contributed by atoms with Gasteiger partial charge in [0, 0.05) is 12.5 Å². The lowest BCUT2D eigenvalue weighted by atomic mass is 10.1. The van der Waals surface area contributed by atoms with Gasteiger partial charge in [0.2, 0.25) is 0 Å². The van der Waals surface area contributed by atoms with E-state index in [1.807, 2.05) is 0 Å². The number of hydrogen-bond donors (Lipinski definition) is 0. The second-order valence-electron chi connectivity index (χ2n) is 7.32. The molecule has 1 saturated carbocycles. The second-order valence-corrected chi connectivity index (χ2v) is 7.32. The van der Waals surface area contributed by atoms with Crippen LogP contribution in [0.15, 0.2) is 54.6 Å². The van der Waals surface area contributed by atoms with Gasteiger partial charge >= 0.3 is 0 Å². The summed E-state index contributed by atoms with van der Waals surface area (Å²) in [7, 11) is 2.25. The number of nitrogens with zero attached hydrogens (tertiary/aromatic N) is 2. The van der Waals surface area contributed by atoms with Gasteiger partial charge in [0.1, 0.15) is 5.69 Å². The van der Waals surface area contributed by atoms with Crippen LogP contribution >= 0.6 is 0 Å². The Bertz CT molecular complexity index is 884. The molecule has 2 aromatic carbocycles. The Hall–Kier alpha value is -2.35. The molecule has 0 radical (unpaired) electrons. The Labute approximate surface area is 150 Å². The van der Waals surface area contributed by atoms with Gasteiger partial charge in [-0.05, 0) is 31.4 Å². The normalized spacial score (nSPS) is 15.0. The van der Waals surface area contributed by atoms with Crippen LogP contribution in [0.3, 0.4) is 0 Å². The smallest absolute Gasteiger partial charge is 0.229 e. The molecule has 0 N–H and O–H groups in total. The number of imidazole rings is 1. The van der Waals surface area contributed by atoms with Crippen LogP contribution in [0, 0.1) is 13.8 Å². The van der Waals surface area contributed by atoms with E-state index in [2.05, 4.69) is 84.6 Å². The lowest BCUT2D eigenvalue weighted by Gasteiger charge is -2.10. The van der Waals surface area contributed by atoms with Crippen molar-refractivity contribution in [3.63, 3.8) is 0 Å². The molecule has 25 heavy (non-hydrogen) atoms. The topological polar surface area (TPSA) is 8.81 Å². The lowest BCUT2D eigenvalue weighted by Crippen LogP contribution is -2.36. The minimum atomic E-state index is 0.653. The summed E-state index contributed by atoms with van der Waals surface area (Å²) in [5.74, 6) is 2.11. The molecule has 1 heterocycles. The monoisotopic (exact) mass is 331 g/mol. The summed E-state index contributed by atoms with van der Waals surface area (Å²) in [6.07, 6.45) is 5.31. The molecule has 2 heteroatoms. The van der Waals surface area contributed by atoms with Crippen LogP contribution < -0.4 is 4.57 Å². The molecule has 128 valence electrons. The average molecular weight is 331 g/mol. The summed E-state index contributed by atoms with van der Waals surface area (Å²) in [6, 6.07) is 19.6. The number of aryl methyl sites for hydroxylation is 1. The van der Waals surface area contributed by atoms with Crippen LogP contribution in [-0.4, -0.2) is 4.57 Å². The van der Waals surface area contributed by atoms with Gasteiger partial charge in [-0.15, -0.1) is 0 Å².